The van der Waals surface area contributed by atoms with E-state index >= 15 is 0 Å². The maximum Gasteiger partial charge on any atom is 0.0457 e. The quantitative estimate of drug-likeness (QED) is 0.489. The zero-order chi connectivity index (χ0) is 7.30. The van der Waals surface area contributed by atoms with Crippen LogP contribution in [0.5, 0.6) is 0 Å². The van der Waals surface area contributed by atoms with Crippen LogP contribution in [0, 0.1) is 0 Å². The van der Waals surface area contributed by atoms with Crippen LogP contribution in [0.2, 0.25) is 0 Å². The van der Waals surface area contributed by atoms with Crippen molar-refractivity contribution in [1.29, 1.82) is 0 Å². The first kappa shape index (κ1) is 6.38. The summed E-state index contributed by atoms with van der Waals surface area (Å²) in [4.78, 5) is 2.37. The Kier molecular flexibility index (Phi) is 1.17. The first-order chi connectivity index (χ1) is 4.70. The van der Waals surface area contributed by atoms with E-state index in [0.717, 1.165) is 0 Å². The standard InChI is InChI=1S/C8H14N2/c1-5-3-6-4-7(9)8(5)10(6)2/h6-8H,1,3-4,9H2,2H3/t6-,7+,8+/m0/s1. The van der Waals surface area contributed by atoms with Crippen molar-refractivity contribution < 1.29 is 0 Å². The molecule has 2 rings (SSSR count). The van der Waals surface area contributed by atoms with E-state index in [1.807, 2.05) is 0 Å². The van der Waals surface area contributed by atoms with Crippen LogP contribution in [0.3, 0.4) is 0 Å². The Morgan fingerprint density at radius 2 is 2.40 bits per heavy atom. The van der Waals surface area contributed by atoms with Crippen LogP contribution < -0.4 is 5.73 Å². The Hall–Kier alpha value is -0.340. The van der Waals surface area contributed by atoms with Gasteiger partial charge in [0.2, 0.25) is 0 Å². The fourth-order valence-electron chi connectivity index (χ4n) is 2.38. The molecule has 2 saturated heterocycles. The van der Waals surface area contributed by atoms with Crippen LogP contribution in [-0.2, 0) is 0 Å². The maximum atomic E-state index is 5.90. The van der Waals surface area contributed by atoms with Crippen molar-refractivity contribution >= 4 is 0 Å². The highest BCUT2D eigenvalue weighted by molar-refractivity contribution is 5.23. The molecule has 0 aromatic heterocycles. The van der Waals surface area contributed by atoms with Gasteiger partial charge in [-0.2, -0.15) is 0 Å². The average Bonchev–Trinajstić information content (AvgIpc) is 2.20. The Morgan fingerprint density at radius 1 is 1.70 bits per heavy atom. The fraction of sp³-hybridized carbons (Fsp3) is 0.750. The Morgan fingerprint density at radius 3 is 2.70 bits per heavy atom. The molecule has 0 unspecified atom stereocenters. The average molecular weight is 138 g/mol. The molecule has 0 radical (unpaired) electrons. The molecule has 2 fully saturated rings. The van der Waals surface area contributed by atoms with Crippen LogP contribution in [-0.4, -0.2) is 30.1 Å². The lowest BCUT2D eigenvalue weighted by atomic mass is 9.92. The third-order valence-electron chi connectivity index (χ3n) is 2.88. The van der Waals surface area contributed by atoms with Gasteiger partial charge in [0, 0.05) is 18.1 Å². The third-order valence-corrected chi connectivity index (χ3v) is 2.88. The highest BCUT2D eigenvalue weighted by Crippen LogP contribution is 2.38. The van der Waals surface area contributed by atoms with Gasteiger partial charge in [0.05, 0.1) is 0 Å². The molecule has 0 aromatic rings. The van der Waals surface area contributed by atoms with Crippen molar-refractivity contribution in [3.05, 3.63) is 12.2 Å². The minimum absolute atomic E-state index is 0.358. The zero-order valence-corrected chi connectivity index (χ0v) is 6.38. The van der Waals surface area contributed by atoms with Gasteiger partial charge in [0.15, 0.2) is 0 Å². The zero-order valence-electron chi connectivity index (χ0n) is 6.38. The van der Waals surface area contributed by atoms with E-state index in [1.165, 1.54) is 18.4 Å². The molecule has 2 heteroatoms. The van der Waals surface area contributed by atoms with Gasteiger partial charge < -0.3 is 5.73 Å². The topological polar surface area (TPSA) is 29.3 Å². The molecule has 10 heavy (non-hydrogen) atoms. The predicted molar refractivity (Wildman–Crippen MR) is 41.7 cm³/mol. The number of hydrogen-bond donors (Lipinski definition) is 1. The highest BCUT2D eigenvalue weighted by atomic mass is 15.2. The third kappa shape index (κ3) is 0.607. The highest BCUT2D eigenvalue weighted by Gasteiger charge is 2.44. The van der Waals surface area contributed by atoms with E-state index in [1.54, 1.807) is 0 Å². The van der Waals surface area contributed by atoms with Gasteiger partial charge in [-0.05, 0) is 19.9 Å². The summed E-state index contributed by atoms with van der Waals surface area (Å²) in [5.74, 6) is 0. The van der Waals surface area contributed by atoms with Gasteiger partial charge in [-0.1, -0.05) is 12.2 Å². The monoisotopic (exact) mass is 138 g/mol. The summed E-state index contributed by atoms with van der Waals surface area (Å²) < 4.78 is 0. The Labute approximate surface area is 61.7 Å². The molecular weight excluding hydrogens is 124 g/mol. The predicted octanol–water partition coefficient (Wildman–Crippen LogP) is 0.346. The van der Waals surface area contributed by atoms with Gasteiger partial charge in [-0.3, -0.25) is 4.90 Å². The van der Waals surface area contributed by atoms with Gasteiger partial charge >= 0.3 is 0 Å². The van der Waals surface area contributed by atoms with E-state index < -0.39 is 0 Å². The number of fused-ring (bicyclic) bond motifs is 2. The lowest BCUT2D eigenvalue weighted by Crippen LogP contribution is -2.36. The van der Waals surface area contributed by atoms with Crippen LogP contribution in [0.15, 0.2) is 12.2 Å². The summed E-state index contributed by atoms with van der Waals surface area (Å²) in [5.41, 5.74) is 7.24. The smallest absolute Gasteiger partial charge is 0.0457 e. The lowest BCUT2D eigenvalue weighted by Gasteiger charge is -2.18. The molecule has 0 saturated carbocycles. The van der Waals surface area contributed by atoms with E-state index in [9.17, 15) is 0 Å². The molecule has 0 aromatic carbocycles. The van der Waals surface area contributed by atoms with Crippen molar-refractivity contribution in [3.63, 3.8) is 0 Å². The van der Waals surface area contributed by atoms with Crippen LogP contribution in [0.1, 0.15) is 12.8 Å². The number of rotatable bonds is 0. The summed E-state index contributed by atoms with van der Waals surface area (Å²) in [6, 6.07) is 1.55. The van der Waals surface area contributed by atoms with Gasteiger partial charge in [0.25, 0.3) is 0 Å². The van der Waals surface area contributed by atoms with Crippen LogP contribution in [0.25, 0.3) is 0 Å². The lowest BCUT2D eigenvalue weighted by molar-refractivity contribution is 0.317. The molecule has 2 N–H and O–H groups in total. The number of hydrogen-bond acceptors (Lipinski definition) is 2. The molecule has 2 aliphatic rings. The van der Waals surface area contributed by atoms with Crippen LogP contribution in [0.4, 0.5) is 0 Å². The number of nitrogens with two attached hydrogens (primary N) is 1. The van der Waals surface area contributed by atoms with E-state index in [4.69, 9.17) is 5.73 Å². The molecule has 56 valence electrons. The number of nitrogens with zero attached hydrogens (tertiary/aromatic N) is 1. The SMILES string of the molecule is C=C1C[C@H]2C[C@@H](N)[C@@H]1N2C. The number of likely N-dealkylation sites (N-methyl/N-ethyl adjacent to an activating group) is 1. The second-order valence-electron chi connectivity index (χ2n) is 3.53. The minimum atomic E-state index is 0.358. The summed E-state index contributed by atoms with van der Waals surface area (Å²) >= 11 is 0. The second kappa shape index (κ2) is 1.83. The van der Waals surface area contributed by atoms with Gasteiger partial charge in [0.1, 0.15) is 0 Å². The molecule has 2 nitrogen and oxygen atoms in total. The first-order valence-electron chi connectivity index (χ1n) is 3.85. The second-order valence-corrected chi connectivity index (χ2v) is 3.53. The summed E-state index contributed by atoms with van der Waals surface area (Å²) in [7, 11) is 2.15. The molecule has 2 bridgehead atoms. The van der Waals surface area contributed by atoms with E-state index in [2.05, 4.69) is 18.5 Å². The Bertz CT molecular complexity index is 176. The normalized spacial score (nSPS) is 47.0. The van der Waals surface area contributed by atoms with E-state index in [-0.39, 0.29) is 0 Å². The molecule has 0 aliphatic carbocycles. The maximum absolute atomic E-state index is 5.90. The molecule has 0 spiro atoms. The summed E-state index contributed by atoms with van der Waals surface area (Å²) in [6.07, 6.45) is 2.34. The van der Waals surface area contributed by atoms with Crippen molar-refractivity contribution in [2.75, 3.05) is 7.05 Å². The first-order valence-corrected chi connectivity index (χ1v) is 3.85. The van der Waals surface area contributed by atoms with Crippen molar-refractivity contribution in [2.45, 2.75) is 31.0 Å². The van der Waals surface area contributed by atoms with Gasteiger partial charge in [-0.15, -0.1) is 0 Å². The van der Waals surface area contributed by atoms with Crippen LogP contribution >= 0.6 is 0 Å². The Balaban J connectivity index is 2.27. The van der Waals surface area contributed by atoms with Crippen molar-refractivity contribution in [2.24, 2.45) is 5.73 Å². The fourth-order valence-corrected chi connectivity index (χ4v) is 2.38. The summed E-state index contributed by atoms with van der Waals surface area (Å²) in [5, 5.41) is 0. The van der Waals surface area contributed by atoms with Gasteiger partial charge in [-0.25, -0.2) is 0 Å². The minimum Gasteiger partial charge on any atom is -0.326 e. The van der Waals surface area contributed by atoms with Crippen molar-refractivity contribution in [3.8, 4) is 0 Å². The molecular formula is C8H14N2. The molecule has 3 atom stereocenters. The largest absolute Gasteiger partial charge is 0.326 e. The molecule has 0 amide bonds. The molecule has 2 aliphatic heterocycles. The van der Waals surface area contributed by atoms with Crippen molar-refractivity contribution in [1.82, 2.24) is 4.90 Å². The summed E-state index contributed by atoms with van der Waals surface area (Å²) in [6.45, 7) is 4.02. The van der Waals surface area contributed by atoms with E-state index in [0.29, 0.717) is 18.1 Å². The molecule has 2 heterocycles.